The third-order valence-electron chi connectivity index (χ3n) is 2.33. The number of nitrogens with zero attached hydrogens (tertiary/aromatic N) is 2. The minimum absolute atomic E-state index is 0.0159. The van der Waals surface area contributed by atoms with E-state index in [9.17, 15) is 10.1 Å². The van der Waals surface area contributed by atoms with Crippen LogP contribution in [0, 0.1) is 10.1 Å². The van der Waals surface area contributed by atoms with Crippen LogP contribution in [0.5, 0.6) is 0 Å². The molecule has 2 N–H and O–H groups in total. The summed E-state index contributed by atoms with van der Waals surface area (Å²) in [4.78, 5) is 14.6. The van der Waals surface area contributed by atoms with E-state index in [1.165, 1.54) is 12.1 Å². The molecular formula is C11H12N4O2S. The monoisotopic (exact) mass is 264 g/mol. The molecule has 18 heavy (non-hydrogen) atoms. The quantitative estimate of drug-likeness (QED) is 0.641. The molecule has 0 bridgehead atoms. The van der Waals surface area contributed by atoms with Gasteiger partial charge in [-0.25, -0.2) is 4.98 Å². The molecule has 0 unspecified atom stereocenters. The fourth-order valence-electron chi connectivity index (χ4n) is 1.43. The van der Waals surface area contributed by atoms with Gasteiger partial charge in [-0.3, -0.25) is 10.1 Å². The fourth-order valence-corrected chi connectivity index (χ4v) is 2.09. The van der Waals surface area contributed by atoms with E-state index in [1.54, 1.807) is 18.4 Å². The van der Waals surface area contributed by atoms with Gasteiger partial charge in [0.25, 0.3) is 5.69 Å². The van der Waals surface area contributed by atoms with Gasteiger partial charge in [-0.2, -0.15) is 11.3 Å². The third kappa shape index (κ3) is 2.95. The van der Waals surface area contributed by atoms with Gasteiger partial charge >= 0.3 is 0 Å². The maximum absolute atomic E-state index is 10.8. The molecule has 6 nitrogen and oxygen atoms in total. The van der Waals surface area contributed by atoms with Crippen molar-refractivity contribution in [3.63, 3.8) is 0 Å². The Kier molecular flexibility index (Phi) is 3.73. The second-order valence-electron chi connectivity index (χ2n) is 3.59. The normalized spacial score (nSPS) is 10.1. The zero-order valence-corrected chi connectivity index (χ0v) is 10.5. The molecule has 2 rings (SSSR count). The van der Waals surface area contributed by atoms with Crippen LogP contribution < -0.4 is 10.6 Å². The first-order chi connectivity index (χ1) is 8.69. The number of rotatable bonds is 5. The maximum Gasteiger partial charge on any atom is 0.276 e. The summed E-state index contributed by atoms with van der Waals surface area (Å²) in [5.74, 6) is 0.955. The minimum atomic E-state index is -0.432. The SMILES string of the molecule is CNc1cc([N+](=O)[O-])cc(NCc2ccsc2)n1. The highest BCUT2D eigenvalue weighted by atomic mass is 32.1. The van der Waals surface area contributed by atoms with Crippen LogP contribution in [0.25, 0.3) is 0 Å². The maximum atomic E-state index is 10.8. The molecule has 0 amide bonds. The molecule has 0 saturated carbocycles. The van der Waals surface area contributed by atoms with Crippen molar-refractivity contribution in [2.24, 2.45) is 0 Å². The van der Waals surface area contributed by atoms with E-state index in [2.05, 4.69) is 15.6 Å². The summed E-state index contributed by atoms with van der Waals surface area (Å²) in [6.07, 6.45) is 0. The first-order valence-corrected chi connectivity index (χ1v) is 6.22. The lowest BCUT2D eigenvalue weighted by atomic mass is 10.3. The van der Waals surface area contributed by atoms with Crippen LogP contribution in [0.15, 0.2) is 29.0 Å². The van der Waals surface area contributed by atoms with Gasteiger partial charge in [0.15, 0.2) is 0 Å². The lowest BCUT2D eigenvalue weighted by Crippen LogP contribution is -2.03. The highest BCUT2D eigenvalue weighted by molar-refractivity contribution is 7.07. The molecule has 0 aliphatic rings. The Morgan fingerprint density at radius 3 is 2.83 bits per heavy atom. The summed E-state index contributed by atoms with van der Waals surface area (Å²) < 4.78 is 0. The molecule has 7 heteroatoms. The average Bonchev–Trinajstić information content (AvgIpc) is 2.89. The van der Waals surface area contributed by atoms with Crippen molar-refractivity contribution in [3.8, 4) is 0 Å². The summed E-state index contributed by atoms with van der Waals surface area (Å²) in [5.41, 5.74) is 1.14. The summed E-state index contributed by atoms with van der Waals surface area (Å²) in [6, 6.07) is 4.82. The smallest absolute Gasteiger partial charge is 0.276 e. The molecule has 0 saturated heterocycles. The molecule has 2 aromatic heterocycles. The Morgan fingerprint density at radius 2 is 2.22 bits per heavy atom. The van der Waals surface area contributed by atoms with E-state index in [0.29, 0.717) is 18.2 Å². The number of nitro groups is 1. The van der Waals surface area contributed by atoms with E-state index < -0.39 is 4.92 Å². The molecule has 0 radical (unpaired) electrons. The average molecular weight is 264 g/mol. The number of anilines is 2. The molecular weight excluding hydrogens is 252 g/mol. The molecule has 94 valence electrons. The van der Waals surface area contributed by atoms with Gasteiger partial charge in [0.1, 0.15) is 11.6 Å². The van der Waals surface area contributed by atoms with Gasteiger partial charge in [-0.15, -0.1) is 0 Å². The summed E-state index contributed by atoms with van der Waals surface area (Å²) in [5, 5.41) is 20.6. The van der Waals surface area contributed by atoms with Crippen LogP contribution in [0.1, 0.15) is 5.56 Å². The van der Waals surface area contributed by atoms with Crippen LogP contribution in [0.4, 0.5) is 17.3 Å². The number of hydrogen-bond acceptors (Lipinski definition) is 6. The third-order valence-corrected chi connectivity index (χ3v) is 3.06. The molecule has 0 aliphatic carbocycles. The molecule has 0 aromatic carbocycles. The molecule has 2 aromatic rings. The van der Waals surface area contributed by atoms with Crippen molar-refractivity contribution in [3.05, 3.63) is 44.6 Å². The van der Waals surface area contributed by atoms with Gasteiger partial charge in [0.2, 0.25) is 0 Å². The van der Waals surface area contributed by atoms with Crippen molar-refractivity contribution >= 4 is 28.7 Å². The Morgan fingerprint density at radius 1 is 1.44 bits per heavy atom. The van der Waals surface area contributed by atoms with E-state index in [1.807, 2.05) is 16.8 Å². The van der Waals surface area contributed by atoms with Crippen molar-refractivity contribution in [2.45, 2.75) is 6.54 Å². The van der Waals surface area contributed by atoms with Crippen molar-refractivity contribution in [1.29, 1.82) is 0 Å². The number of aromatic nitrogens is 1. The van der Waals surface area contributed by atoms with Gasteiger partial charge in [-0.05, 0) is 22.4 Å². The zero-order valence-electron chi connectivity index (χ0n) is 9.71. The summed E-state index contributed by atoms with van der Waals surface area (Å²) >= 11 is 1.61. The Labute approximate surface area is 108 Å². The predicted molar refractivity (Wildman–Crippen MR) is 72.1 cm³/mol. The number of hydrogen-bond donors (Lipinski definition) is 2. The Bertz CT molecular complexity index is 542. The molecule has 0 atom stereocenters. The summed E-state index contributed by atoms with van der Waals surface area (Å²) in [7, 11) is 1.68. The van der Waals surface area contributed by atoms with Crippen molar-refractivity contribution < 1.29 is 4.92 Å². The van der Waals surface area contributed by atoms with Crippen LogP contribution in [0.3, 0.4) is 0 Å². The Balaban J connectivity index is 2.16. The van der Waals surface area contributed by atoms with Crippen LogP contribution in [0.2, 0.25) is 0 Å². The van der Waals surface area contributed by atoms with E-state index in [0.717, 1.165) is 5.56 Å². The van der Waals surface area contributed by atoms with Gasteiger partial charge in [0, 0.05) is 13.6 Å². The first-order valence-electron chi connectivity index (χ1n) is 5.28. The number of pyridine rings is 1. The van der Waals surface area contributed by atoms with Gasteiger partial charge < -0.3 is 10.6 Å². The second kappa shape index (κ2) is 5.46. The highest BCUT2D eigenvalue weighted by Gasteiger charge is 2.10. The lowest BCUT2D eigenvalue weighted by molar-refractivity contribution is -0.384. The van der Waals surface area contributed by atoms with Crippen LogP contribution >= 0.6 is 11.3 Å². The lowest BCUT2D eigenvalue weighted by Gasteiger charge is -2.06. The number of nitrogens with one attached hydrogen (secondary N) is 2. The van der Waals surface area contributed by atoms with Crippen LogP contribution in [-0.2, 0) is 6.54 Å². The standard InChI is InChI=1S/C11H12N4O2S/c1-12-10-4-9(15(16)17)5-11(14-10)13-6-8-2-3-18-7-8/h2-5,7H,6H2,1H3,(H2,12,13,14). The molecule has 0 fully saturated rings. The van der Waals surface area contributed by atoms with E-state index >= 15 is 0 Å². The Hall–Kier alpha value is -2.15. The van der Waals surface area contributed by atoms with Gasteiger partial charge in [0.05, 0.1) is 17.1 Å². The highest BCUT2D eigenvalue weighted by Crippen LogP contribution is 2.20. The van der Waals surface area contributed by atoms with Crippen molar-refractivity contribution in [1.82, 2.24) is 4.98 Å². The largest absolute Gasteiger partial charge is 0.373 e. The molecule has 0 spiro atoms. The van der Waals surface area contributed by atoms with E-state index in [-0.39, 0.29) is 5.69 Å². The van der Waals surface area contributed by atoms with Crippen LogP contribution in [-0.4, -0.2) is 17.0 Å². The van der Waals surface area contributed by atoms with Crippen molar-refractivity contribution in [2.75, 3.05) is 17.7 Å². The fraction of sp³-hybridized carbons (Fsp3) is 0.182. The van der Waals surface area contributed by atoms with Gasteiger partial charge in [-0.1, -0.05) is 0 Å². The predicted octanol–water partition coefficient (Wildman–Crippen LogP) is 2.71. The zero-order chi connectivity index (χ0) is 13.0. The topological polar surface area (TPSA) is 80.1 Å². The first kappa shape index (κ1) is 12.3. The second-order valence-corrected chi connectivity index (χ2v) is 4.37. The number of thiophene rings is 1. The van der Waals surface area contributed by atoms with E-state index in [4.69, 9.17) is 0 Å². The minimum Gasteiger partial charge on any atom is -0.373 e. The summed E-state index contributed by atoms with van der Waals surface area (Å²) in [6.45, 7) is 0.598. The molecule has 0 aliphatic heterocycles. The molecule has 2 heterocycles.